The van der Waals surface area contributed by atoms with Crippen LogP contribution >= 0.6 is 0 Å². The van der Waals surface area contributed by atoms with Crippen molar-refractivity contribution in [2.24, 2.45) is 0 Å². The third kappa shape index (κ3) is 3.79. The number of hydrogen-bond donors (Lipinski definition) is 0. The number of aromatic nitrogens is 2. The van der Waals surface area contributed by atoms with Crippen LogP contribution in [0.5, 0.6) is 0 Å². The van der Waals surface area contributed by atoms with E-state index in [-0.39, 0.29) is 0 Å². The SMILES string of the molecule is c1ccc2c(c1)ccc1c2c2ccccc2c2c3ccccc3n(-c3ccc(-n4c5ccccc5c5c6ccc7oc8ccccc8c7c6ccc54)cc3)c12. The lowest BCUT2D eigenvalue weighted by Gasteiger charge is -2.15. The average molecular weight is 699 g/mol. The molecule has 0 atom stereocenters. The van der Waals surface area contributed by atoms with E-state index < -0.39 is 0 Å². The van der Waals surface area contributed by atoms with Crippen LogP contribution in [-0.2, 0) is 0 Å². The number of furan rings is 1. The van der Waals surface area contributed by atoms with E-state index in [0.717, 1.165) is 27.9 Å². The third-order valence-electron chi connectivity index (χ3n) is 12.1. The molecule has 13 aromatic rings. The van der Waals surface area contributed by atoms with Gasteiger partial charge in [0.1, 0.15) is 11.2 Å². The molecular formula is C52H30N2O. The number of hydrogen-bond acceptors (Lipinski definition) is 1. The molecule has 0 unspecified atom stereocenters. The molecule has 0 N–H and O–H groups in total. The molecular weight excluding hydrogens is 669 g/mol. The van der Waals surface area contributed by atoms with Crippen LogP contribution in [0, 0.1) is 0 Å². The summed E-state index contributed by atoms with van der Waals surface area (Å²) in [5.74, 6) is 0. The highest BCUT2D eigenvalue weighted by atomic mass is 16.3. The molecule has 0 aliphatic rings. The first-order valence-corrected chi connectivity index (χ1v) is 18.9. The van der Waals surface area contributed by atoms with E-state index in [2.05, 4.69) is 185 Å². The van der Waals surface area contributed by atoms with Gasteiger partial charge in [-0.2, -0.15) is 0 Å². The second kappa shape index (κ2) is 10.6. The zero-order chi connectivity index (χ0) is 35.8. The number of fused-ring (bicyclic) bond motifs is 19. The Kier molecular flexibility index (Phi) is 5.63. The molecule has 0 aliphatic heterocycles. The molecule has 0 spiro atoms. The topological polar surface area (TPSA) is 23.0 Å². The molecule has 3 nitrogen and oxygen atoms in total. The Bertz CT molecular complexity index is 3760. The van der Waals surface area contributed by atoms with E-state index >= 15 is 0 Å². The van der Waals surface area contributed by atoms with Gasteiger partial charge in [0.05, 0.1) is 22.1 Å². The van der Waals surface area contributed by atoms with E-state index in [4.69, 9.17) is 4.42 Å². The van der Waals surface area contributed by atoms with E-state index in [9.17, 15) is 0 Å². The second-order valence-electron chi connectivity index (χ2n) is 14.8. The summed E-state index contributed by atoms with van der Waals surface area (Å²) in [5, 5.41) is 17.5. The van der Waals surface area contributed by atoms with Gasteiger partial charge in [0, 0.05) is 49.1 Å². The fraction of sp³-hybridized carbons (Fsp3) is 0. The molecule has 0 radical (unpaired) electrons. The predicted molar refractivity (Wildman–Crippen MR) is 232 cm³/mol. The fourth-order valence-corrected chi connectivity index (χ4v) is 9.84. The number of para-hydroxylation sites is 3. The standard InChI is InChI=1S/C52H30N2O/c1-2-12-34-31(11-1)21-26-42-48(34)35-13-3-4-14-36(35)51-40-16-6-9-19-44(40)54(52(42)51)33-24-22-32(23-25-33)53-43-18-8-5-15-39(43)49-37-28-30-47-50(38(37)27-29-45(49)53)41-17-7-10-20-46(41)55-47/h1-30H. The first-order valence-electron chi connectivity index (χ1n) is 18.9. The van der Waals surface area contributed by atoms with Crippen molar-refractivity contribution in [3.05, 3.63) is 182 Å². The summed E-state index contributed by atoms with van der Waals surface area (Å²) < 4.78 is 11.2. The lowest BCUT2D eigenvalue weighted by Crippen LogP contribution is -1.98. The highest BCUT2D eigenvalue weighted by Gasteiger charge is 2.21. The molecule has 10 aromatic carbocycles. The Labute approximate surface area is 314 Å². The second-order valence-corrected chi connectivity index (χ2v) is 14.8. The lowest BCUT2D eigenvalue weighted by atomic mass is 9.93. The molecule has 0 bridgehead atoms. The molecule has 3 heterocycles. The maximum atomic E-state index is 6.29. The van der Waals surface area contributed by atoms with Crippen molar-refractivity contribution in [3.63, 3.8) is 0 Å². The van der Waals surface area contributed by atoms with E-state index in [1.54, 1.807) is 0 Å². The van der Waals surface area contributed by atoms with Crippen LogP contribution < -0.4 is 0 Å². The summed E-state index contributed by atoms with van der Waals surface area (Å²) >= 11 is 0. The summed E-state index contributed by atoms with van der Waals surface area (Å²) in [6, 6.07) is 66.5. The highest BCUT2D eigenvalue weighted by Crippen LogP contribution is 2.45. The van der Waals surface area contributed by atoms with E-state index in [1.807, 2.05) is 6.07 Å². The Balaban J connectivity index is 1.08. The van der Waals surface area contributed by atoms with Crippen molar-refractivity contribution < 1.29 is 4.42 Å². The van der Waals surface area contributed by atoms with Crippen LogP contribution in [-0.4, -0.2) is 9.13 Å². The molecule has 55 heavy (non-hydrogen) atoms. The van der Waals surface area contributed by atoms with Crippen LogP contribution in [0.1, 0.15) is 0 Å². The molecule has 3 aromatic heterocycles. The molecule has 0 amide bonds. The minimum Gasteiger partial charge on any atom is -0.456 e. The van der Waals surface area contributed by atoms with Crippen molar-refractivity contribution >= 4 is 109 Å². The average Bonchev–Trinajstić information content (AvgIpc) is 3.92. The van der Waals surface area contributed by atoms with Gasteiger partial charge in [-0.3, -0.25) is 0 Å². The van der Waals surface area contributed by atoms with Crippen LogP contribution in [0.25, 0.3) is 120 Å². The molecule has 3 heteroatoms. The molecule has 0 aliphatic carbocycles. The van der Waals surface area contributed by atoms with Crippen LogP contribution in [0.2, 0.25) is 0 Å². The summed E-state index contributed by atoms with van der Waals surface area (Å²) in [6.45, 7) is 0. The minimum absolute atomic E-state index is 0.922. The third-order valence-corrected chi connectivity index (χ3v) is 12.1. The summed E-state index contributed by atoms with van der Waals surface area (Å²) in [4.78, 5) is 0. The maximum absolute atomic E-state index is 6.29. The van der Waals surface area contributed by atoms with Crippen LogP contribution in [0.4, 0.5) is 0 Å². The number of rotatable bonds is 2. The Morgan fingerprint density at radius 1 is 0.273 bits per heavy atom. The summed E-state index contributed by atoms with van der Waals surface area (Å²) in [6.07, 6.45) is 0. The van der Waals surface area contributed by atoms with Gasteiger partial charge in [-0.15, -0.1) is 0 Å². The Morgan fingerprint density at radius 3 is 1.58 bits per heavy atom. The van der Waals surface area contributed by atoms with Gasteiger partial charge in [-0.1, -0.05) is 121 Å². The van der Waals surface area contributed by atoms with Gasteiger partial charge < -0.3 is 13.6 Å². The van der Waals surface area contributed by atoms with Crippen molar-refractivity contribution in [3.8, 4) is 11.4 Å². The van der Waals surface area contributed by atoms with Crippen molar-refractivity contribution in [1.82, 2.24) is 9.13 Å². The minimum atomic E-state index is 0.922. The van der Waals surface area contributed by atoms with Gasteiger partial charge >= 0.3 is 0 Å². The largest absolute Gasteiger partial charge is 0.456 e. The quantitative estimate of drug-likeness (QED) is 0.165. The van der Waals surface area contributed by atoms with E-state index in [0.29, 0.717) is 0 Å². The first-order chi connectivity index (χ1) is 27.3. The molecule has 0 fully saturated rings. The Hall–Kier alpha value is -7.36. The Morgan fingerprint density at radius 2 is 0.800 bits per heavy atom. The zero-order valence-electron chi connectivity index (χ0n) is 29.6. The van der Waals surface area contributed by atoms with Gasteiger partial charge in [0.2, 0.25) is 0 Å². The van der Waals surface area contributed by atoms with Gasteiger partial charge in [0.25, 0.3) is 0 Å². The van der Waals surface area contributed by atoms with Gasteiger partial charge in [-0.05, 0) is 98.4 Å². The smallest absolute Gasteiger partial charge is 0.136 e. The van der Waals surface area contributed by atoms with Crippen molar-refractivity contribution in [2.45, 2.75) is 0 Å². The zero-order valence-corrected chi connectivity index (χ0v) is 29.6. The number of benzene rings is 10. The maximum Gasteiger partial charge on any atom is 0.136 e. The van der Waals surface area contributed by atoms with E-state index in [1.165, 1.54) is 92.1 Å². The fourth-order valence-electron chi connectivity index (χ4n) is 9.84. The lowest BCUT2D eigenvalue weighted by molar-refractivity contribution is 0.669. The summed E-state index contributed by atoms with van der Waals surface area (Å²) in [5.41, 5.74) is 8.95. The molecule has 13 rings (SSSR count). The van der Waals surface area contributed by atoms with Crippen LogP contribution in [0.3, 0.4) is 0 Å². The predicted octanol–water partition coefficient (Wildman–Crippen LogP) is 14.4. The molecule has 0 saturated heterocycles. The number of nitrogens with zero attached hydrogens (tertiary/aromatic N) is 2. The highest BCUT2D eigenvalue weighted by molar-refractivity contribution is 6.36. The van der Waals surface area contributed by atoms with Gasteiger partial charge in [0.15, 0.2) is 0 Å². The molecule has 0 saturated carbocycles. The van der Waals surface area contributed by atoms with Crippen LogP contribution in [0.15, 0.2) is 186 Å². The van der Waals surface area contributed by atoms with Crippen molar-refractivity contribution in [2.75, 3.05) is 0 Å². The monoisotopic (exact) mass is 698 g/mol. The summed E-state index contributed by atoms with van der Waals surface area (Å²) in [7, 11) is 0. The van der Waals surface area contributed by atoms with Gasteiger partial charge in [-0.25, -0.2) is 0 Å². The molecule has 254 valence electrons. The van der Waals surface area contributed by atoms with Crippen molar-refractivity contribution in [1.29, 1.82) is 0 Å². The normalized spacial score (nSPS) is 12.4. The first kappa shape index (κ1) is 29.1.